The van der Waals surface area contributed by atoms with Crippen LogP contribution in [0.15, 0.2) is 56.8 Å². The summed E-state index contributed by atoms with van der Waals surface area (Å²) in [5.74, 6) is 0.699. The number of carbonyl (C=O) groups is 1. The van der Waals surface area contributed by atoms with Gasteiger partial charge in [0.15, 0.2) is 6.10 Å². The van der Waals surface area contributed by atoms with Crippen LogP contribution >= 0.6 is 15.9 Å². The monoisotopic (exact) mass is 471 g/mol. The first-order chi connectivity index (χ1) is 14.4. The third-order valence-electron chi connectivity index (χ3n) is 4.40. The largest absolute Gasteiger partial charge is 0.479 e. The number of esters is 1. The molecule has 0 radical (unpaired) electrons. The van der Waals surface area contributed by atoms with Gasteiger partial charge in [-0.05, 0) is 61.4 Å². The molecule has 1 heterocycles. The summed E-state index contributed by atoms with van der Waals surface area (Å²) >= 11 is 3.40. The number of hydrogen-bond acceptors (Lipinski definition) is 6. The Morgan fingerprint density at radius 1 is 1.27 bits per heavy atom. The Morgan fingerprint density at radius 3 is 2.67 bits per heavy atom. The molecule has 0 aliphatic rings. The minimum Gasteiger partial charge on any atom is -0.479 e. The van der Waals surface area contributed by atoms with Crippen LogP contribution < -0.4 is 10.3 Å². The van der Waals surface area contributed by atoms with Crippen LogP contribution in [0.5, 0.6) is 5.75 Å². The molecular formula is C22H22BrN3O4. The maximum Gasteiger partial charge on any atom is 0.346 e. The SMILES string of the molecule is CCCc1nc2ccc(Br)cc2c(=O)n1N=Cc1ccc(O[C@H](C)C(=O)OC)cc1. The molecule has 0 saturated heterocycles. The maximum atomic E-state index is 13.0. The molecule has 0 fully saturated rings. The van der Waals surface area contributed by atoms with Crippen LogP contribution in [0.3, 0.4) is 0 Å². The molecule has 1 atom stereocenters. The number of methoxy groups -OCH3 is 1. The number of fused-ring (bicyclic) bond motifs is 1. The van der Waals surface area contributed by atoms with Gasteiger partial charge < -0.3 is 9.47 Å². The molecule has 3 aromatic rings. The van der Waals surface area contributed by atoms with Crippen LogP contribution in [-0.2, 0) is 16.0 Å². The Balaban J connectivity index is 1.89. The average Bonchev–Trinajstić information content (AvgIpc) is 2.74. The predicted octanol–water partition coefficient (Wildman–Crippen LogP) is 3.93. The molecule has 8 heteroatoms. The summed E-state index contributed by atoms with van der Waals surface area (Å²) in [6.45, 7) is 3.65. The van der Waals surface area contributed by atoms with Crippen LogP contribution in [0.4, 0.5) is 0 Å². The topological polar surface area (TPSA) is 82.8 Å². The standard InChI is InChI=1S/C22H22BrN3O4/c1-4-5-20-25-19-11-8-16(23)12-18(19)21(27)26(20)24-13-15-6-9-17(10-7-15)30-14(2)22(28)29-3/h6-14H,4-5H2,1-3H3/t14-/m1/s1. The lowest BCUT2D eigenvalue weighted by Gasteiger charge is -2.12. The molecule has 3 rings (SSSR count). The summed E-state index contributed by atoms with van der Waals surface area (Å²) < 4.78 is 12.3. The second kappa shape index (κ2) is 9.67. The first-order valence-corrected chi connectivity index (χ1v) is 10.3. The summed E-state index contributed by atoms with van der Waals surface area (Å²) in [6, 6.07) is 12.5. The summed E-state index contributed by atoms with van der Waals surface area (Å²) in [5, 5.41) is 4.89. The first kappa shape index (κ1) is 21.7. The summed E-state index contributed by atoms with van der Waals surface area (Å²) in [5.41, 5.74) is 1.21. The number of carbonyl (C=O) groups excluding carboxylic acids is 1. The van der Waals surface area contributed by atoms with E-state index in [1.54, 1.807) is 43.5 Å². The highest BCUT2D eigenvalue weighted by Crippen LogP contribution is 2.17. The Labute approximate surface area is 182 Å². The van der Waals surface area contributed by atoms with Gasteiger partial charge in [0.1, 0.15) is 11.6 Å². The van der Waals surface area contributed by atoms with Gasteiger partial charge in [0, 0.05) is 10.9 Å². The zero-order valence-electron chi connectivity index (χ0n) is 17.0. The molecule has 0 unspecified atom stereocenters. The highest BCUT2D eigenvalue weighted by Gasteiger charge is 2.14. The van der Waals surface area contributed by atoms with Crippen LogP contribution in [-0.4, -0.2) is 35.1 Å². The lowest BCUT2D eigenvalue weighted by atomic mass is 10.2. The Hall–Kier alpha value is -3.00. The first-order valence-electron chi connectivity index (χ1n) is 9.53. The molecule has 0 aliphatic heterocycles. The minimum atomic E-state index is -0.701. The lowest BCUT2D eigenvalue weighted by molar-refractivity contribution is -0.147. The van der Waals surface area contributed by atoms with Crippen molar-refractivity contribution in [1.29, 1.82) is 0 Å². The molecule has 0 saturated carbocycles. The third kappa shape index (κ3) is 4.94. The van der Waals surface area contributed by atoms with Crippen LogP contribution in [0, 0.1) is 0 Å². The van der Waals surface area contributed by atoms with E-state index in [1.165, 1.54) is 11.8 Å². The second-order valence-electron chi connectivity index (χ2n) is 6.65. The van der Waals surface area contributed by atoms with E-state index in [9.17, 15) is 9.59 Å². The molecule has 156 valence electrons. The molecule has 7 nitrogen and oxygen atoms in total. The van der Waals surface area contributed by atoms with Crippen molar-refractivity contribution in [3.8, 4) is 5.75 Å². The number of benzene rings is 2. The van der Waals surface area contributed by atoms with Crippen LogP contribution in [0.25, 0.3) is 10.9 Å². The Morgan fingerprint density at radius 2 is 2.00 bits per heavy atom. The smallest absolute Gasteiger partial charge is 0.346 e. The summed E-state index contributed by atoms with van der Waals surface area (Å²) in [4.78, 5) is 29.1. The molecule has 0 bridgehead atoms. The van der Waals surface area contributed by atoms with Crippen molar-refractivity contribution < 1.29 is 14.3 Å². The molecule has 30 heavy (non-hydrogen) atoms. The molecule has 0 amide bonds. The fourth-order valence-corrected chi connectivity index (χ4v) is 3.24. The highest BCUT2D eigenvalue weighted by molar-refractivity contribution is 9.10. The molecule has 0 spiro atoms. The van der Waals surface area contributed by atoms with Crippen molar-refractivity contribution >= 4 is 39.0 Å². The van der Waals surface area contributed by atoms with Gasteiger partial charge >= 0.3 is 5.97 Å². The van der Waals surface area contributed by atoms with Gasteiger partial charge in [0.2, 0.25) is 0 Å². The average molecular weight is 472 g/mol. The van der Waals surface area contributed by atoms with Crippen molar-refractivity contribution in [2.45, 2.75) is 32.8 Å². The van der Waals surface area contributed by atoms with E-state index in [0.29, 0.717) is 28.9 Å². The molecule has 1 aromatic heterocycles. The van der Waals surface area contributed by atoms with E-state index in [2.05, 4.69) is 30.8 Å². The highest BCUT2D eigenvalue weighted by atomic mass is 79.9. The van der Waals surface area contributed by atoms with Gasteiger partial charge in [0.05, 0.1) is 24.2 Å². The zero-order valence-corrected chi connectivity index (χ0v) is 18.5. The number of aryl methyl sites for hydroxylation is 1. The second-order valence-corrected chi connectivity index (χ2v) is 7.57. The third-order valence-corrected chi connectivity index (χ3v) is 4.89. The number of hydrogen-bond donors (Lipinski definition) is 0. The molecule has 2 aromatic carbocycles. The normalized spacial score (nSPS) is 12.3. The van der Waals surface area contributed by atoms with Gasteiger partial charge in [-0.3, -0.25) is 4.79 Å². The zero-order chi connectivity index (χ0) is 21.7. The van der Waals surface area contributed by atoms with Crippen LogP contribution in [0.1, 0.15) is 31.7 Å². The molecule has 0 N–H and O–H groups in total. The number of halogens is 1. The quantitative estimate of drug-likeness (QED) is 0.385. The Kier molecular flexibility index (Phi) is 6.99. The lowest BCUT2D eigenvalue weighted by Crippen LogP contribution is -2.24. The molecular weight excluding hydrogens is 450 g/mol. The van der Waals surface area contributed by atoms with Crippen molar-refractivity contribution in [3.05, 3.63) is 68.7 Å². The molecule has 0 aliphatic carbocycles. The minimum absolute atomic E-state index is 0.215. The van der Waals surface area contributed by atoms with E-state index in [-0.39, 0.29) is 5.56 Å². The van der Waals surface area contributed by atoms with E-state index in [0.717, 1.165) is 16.5 Å². The number of nitrogens with zero attached hydrogens (tertiary/aromatic N) is 3. The fourth-order valence-electron chi connectivity index (χ4n) is 2.87. The summed E-state index contributed by atoms with van der Waals surface area (Å²) in [6.07, 6.45) is 2.37. The number of ether oxygens (including phenoxy) is 2. The Bertz CT molecular complexity index is 1140. The summed E-state index contributed by atoms with van der Waals surface area (Å²) in [7, 11) is 1.32. The van der Waals surface area contributed by atoms with E-state index in [4.69, 9.17) is 4.74 Å². The van der Waals surface area contributed by atoms with Crippen molar-refractivity contribution in [2.24, 2.45) is 5.10 Å². The van der Waals surface area contributed by atoms with Gasteiger partial charge in [0.25, 0.3) is 5.56 Å². The van der Waals surface area contributed by atoms with E-state index >= 15 is 0 Å². The van der Waals surface area contributed by atoms with Gasteiger partial charge in [-0.25, -0.2) is 9.78 Å². The number of aromatic nitrogens is 2. The van der Waals surface area contributed by atoms with E-state index < -0.39 is 12.1 Å². The van der Waals surface area contributed by atoms with Gasteiger partial charge in [-0.1, -0.05) is 22.9 Å². The van der Waals surface area contributed by atoms with Gasteiger partial charge in [-0.15, -0.1) is 0 Å². The van der Waals surface area contributed by atoms with Gasteiger partial charge in [-0.2, -0.15) is 9.78 Å². The maximum absolute atomic E-state index is 13.0. The predicted molar refractivity (Wildman–Crippen MR) is 119 cm³/mol. The fraction of sp³-hybridized carbons (Fsp3) is 0.273. The van der Waals surface area contributed by atoms with Crippen molar-refractivity contribution in [2.75, 3.05) is 7.11 Å². The van der Waals surface area contributed by atoms with E-state index in [1.807, 2.05) is 19.1 Å². The van der Waals surface area contributed by atoms with Crippen molar-refractivity contribution in [1.82, 2.24) is 9.66 Å². The van der Waals surface area contributed by atoms with Crippen LogP contribution in [0.2, 0.25) is 0 Å². The number of rotatable bonds is 7. The van der Waals surface area contributed by atoms with Crippen molar-refractivity contribution in [3.63, 3.8) is 0 Å².